The van der Waals surface area contributed by atoms with Crippen LogP contribution in [0.2, 0.25) is 0 Å². The molecule has 0 aliphatic rings. The zero-order valence-corrected chi connectivity index (χ0v) is 9.89. The van der Waals surface area contributed by atoms with Crippen molar-refractivity contribution < 1.29 is 15.0 Å². The third-order valence-corrected chi connectivity index (χ3v) is 2.71. The van der Waals surface area contributed by atoms with Gasteiger partial charge in [-0.2, -0.15) is 0 Å². The van der Waals surface area contributed by atoms with E-state index in [0.717, 1.165) is 6.42 Å². The number of aromatic nitrogens is 1. The maximum atomic E-state index is 10.9. The van der Waals surface area contributed by atoms with Crippen molar-refractivity contribution in [3.05, 3.63) is 24.0 Å². The number of pyridine rings is 1. The van der Waals surface area contributed by atoms with Crippen LogP contribution >= 0.6 is 0 Å². The zero-order valence-electron chi connectivity index (χ0n) is 9.89. The SMILES string of the molecule is CCC(CCO)CNc1cccnc1C(=O)O. The Balaban J connectivity index is 2.65. The number of carboxylic acids is 1. The van der Waals surface area contributed by atoms with Gasteiger partial charge in [0.05, 0.1) is 5.69 Å². The minimum Gasteiger partial charge on any atom is -0.476 e. The van der Waals surface area contributed by atoms with E-state index in [0.29, 0.717) is 24.6 Å². The predicted molar refractivity (Wildman–Crippen MR) is 65.2 cm³/mol. The lowest BCUT2D eigenvalue weighted by molar-refractivity contribution is 0.0691. The van der Waals surface area contributed by atoms with E-state index in [2.05, 4.69) is 10.3 Å². The molecule has 0 bridgehead atoms. The molecule has 0 aromatic carbocycles. The minimum absolute atomic E-state index is 0.0337. The third kappa shape index (κ3) is 4.03. The highest BCUT2D eigenvalue weighted by atomic mass is 16.4. The van der Waals surface area contributed by atoms with Crippen LogP contribution in [-0.2, 0) is 0 Å². The van der Waals surface area contributed by atoms with Gasteiger partial charge in [-0.05, 0) is 24.5 Å². The highest BCUT2D eigenvalue weighted by molar-refractivity contribution is 5.91. The molecule has 17 heavy (non-hydrogen) atoms. The number of aliphatic hydroxyl groups excluding tert-OH is 1. The molecular formula is C12H18N2O3. The number of nitrogens with zero attached hydrogens (tertiary/aromatic N) is 1. The average molecular weight is 238 g/mol. The number of hydrogen-bond donors (Lipinski definition) is 3. The van der Waals surface area contributed by atoms with Crippen LogP contribution in [0.1, 0.15) is 30.3 Å². The summed E-state index contributed by atoms with van der Waals surface area (Å²) in [6.07, 6.45) is 3.11. The number of carboxylic acid groups (broad SMARTS) is 1. The van der Waals surface area contributed by atoms with E-state index in [1.807, 2.05) is 6.92 Å². The van der Waals surface area contributed by atoms with Crippen LogP contribution in [0.15, 0.2) is 18.3 Å². The van der Waals surface area contributed by atoms with Gasteiger partial charge in [-0.15, -0.1) is 0 Å². The first-order chi connectivity index (χ1) is 8.19. The van der Waals surface area contributed by atoms with Crippen molar-refractivity contribution in [2.75, 3.05) is 18.5 Å². The fourth-order valence-electron chi connectivity index (χ4n) is 1.61. The molecule has 5 nitrogen and oxygen atoms in total. The minimum atomic E-state index is -1.04. The second-order valence-corrected chi connectivity index (χ2v) is 3.87. The normalized spacial score (nSPS) is 12.1. The highest BCUT2D eigenvalue weighted by Crippen LogP contribution is 2.14. The van der Waals surface area contributed by atoms with Gasteiger partial charge in [0.1, 0.15) is 0 Å². The molecule has 0 saturated heterocycles. The molecule has 1 rings (SSSR count). The summed E-state index contributed by atoms with van der Waals surface area (Å²) in [7, 11) is 0. The Bertz CT molecular complexity index is 369. The largest absolute Gasteiger partial charge is 0.476 e. The first-order valence-electron chi connectivity index (χ1n) is 5.72. The Morgan fingerprint density at radius 3 is 2.94 bits per heavy atom. The van der Waals surface area contributed by atoms with Gasteiger partial charge in [-0.3, -0.25) is 0 Å². The molecule has 1 aromatic rings. The van der Waals surface area contributed by atoms with Crippen molar-refractivity contribution in [3.8, 4) is 0 Å². The molecule has 0 aliphatic heterocycles. The topological polar surface area (TPSA) is 82.5 Å². The van der Waals surface area contributed by atoms with Gasteiger partial charge in [-0.25, -0.2) is 9.78 Å². The summed E-state index contributed by atoms with van der Waals surface area (Å²) in [5, 5.41) is 20.9. The second-order valence-electron chi connectivity index (χ2n) is 3.87. The Morgan fingerprint density at radius 1 is 1.59 bits per heavy atom. The molecule has 1 atom stereocenters. The zero-order chi connectivity index (χ0) is 12.7. The van der Waals surface area contributed by atoms with Crippen LogP contribution in [0.4, 0.5) is 5.69 Å². The summed E-state index contributed by atoms with van der Waals surface area (Å²) >= 11 is 0. The van der Waals surface area contributed by atoms with E-state index < -0.39 is 5.97 Å². The molecular weight excluding hydrogens is 220 g/mol. The molecule has 0 saturated carbocycles. The lowest BCUT2D eigenvalue weighted by Gasteiger charge is -2.15. The molecule has 5 heteroatoms. The Hall–Kier alpha value is -1.62. The number of aromatic carboxylic acids is 1. The van der Waals surface area contributed by atoms with Gasteiger partial charge < -0.3 is 15.5 Å². The van der Waals surface area contributed by atoms with Crippen LogP contribution in [-0.4, -0.2) is 34.3 Å². The summed E-state index contributed by atoms with van der Waals surface area (Å²) in [6, 6.07) is 3.39. The molecule has 0 radical (unpaired) electrons. The fourth-order valence-corrected chi connectivity index (χ4v) is 1.61. The first kappa shape index (κ1) is 13.4. The van der Waals surface area contributed by atoms with Gasteiger partial charge >= 0.3 is 5.97 Å². The number of carbonyl (C=O) groups is 1. The van der Waals surface area contributed by atoms with Crippen molar-refractivity contribution in [1.82, 2.24) is 4.98 Å². The van der Waals surface area contributed by atoms with Crippen LogP contribution in [0, 0.1) is 5.92 Å². The van der Waals surface area contributed by atoms with E-state index in [9.17, 15) is 4.79 Å². The molecule has 0 aliphatic carbocycles. The van der Waals surface area contributed by atoms with Gasteiger partial charge in [0.15, 0.2) is 5.69 Å². The predicted octanol–water partition coefficient (Wildman–Crippen LogP) is 1.60. The van der Waals surface area contributed by atoms with E-state index in [4.69, 9.17) is 10.2 Å². The molecule has 3 N–H and O–H groups in total. The van der Waals surface area contributed by atoms with Crippen LogP contribution in [0.3, 0.4) is 0 Å². The molecule has 1 heterocycles. The maximum Gasteiger partial charge on any atom is 0.356 e. The average Bonchev–Trinajstić information content (AvgIpc) is 2.34. The summed E-state index contributed by atoms with van der Waals surface area (Å²) < 4.78 is 0. The van der Waals surface area contributed by atoms with Crippen molar-refractivity contribution >= 4 is 11.7 Å². The highest BCUT2D eigenvalue weighted by Gasteiger charge is 2.12. The van der Waals surface area contributed by atoms with Crippen molar-refractivity contribution in [2.24, 2.45) is 5.92 Å². The molecule has 1 aromatic heterocycles. The lowest BCUT2D eigenvalue weighted by Crippen LogP contribution is -2.17. The van der Waals surface area contributed by atoms with Crippen LogP contribution in [0.5, 0.6) is 0 Å². The van der Waals surface area contributed by atoms with E-state index in [1.165, 1.54) is 6.20 Å². The fraction of sp³-hybridized carbons (Fsp3) is 0.500. The smallest absolute Gasteiger partial charge is 0.356 e. The van der Waals surface area contributed by atoms with Crippen LogP contribution in [0.25, 0.3) is 0 Å². The van der Waals surface area contributed by atoms with Gasteiger partial charge in [0.2, 0.25) is 0 Å². The number of aliphatic hydroxyl groups is 1. The number of rotatable bonds is 7. The molecule has 0 fully saturated rings. The molecule has 0 amide bonds. The van der Waals surface area contributed by atoms with Gasteiger partial charge in [-0.1, -0.05) is 13.3 Å². The first-order valence-corrected chi connectivity index (χ1v) is 5.72. The Labute approximate surface area is 101 Å². The molecule has 94 valence electrons. The standard InChI is InChI=1S/C12H18N2O3/c1-2-9(5-7-15)8-14-10-4-3-6-13-11(10)12(16)17/h3-4,6,9,14-15H,2,5,7-8H2,1H3,(H,16,17). The van der Waals surface area contributed by atoms with Crippen molar-refractivity contribution in [3.63, 3.8) is 0 Å². The number of hydrogen-bond acceptors (Lipinski definition) is 4. The number of nitrogens with one attached hydrogen (secondary N) is 1. The monoisotopic (exact) mass is 238 g/mol. The van der Waals surface area contributed by atoms with Crippen LogP contribution < -0.4 is 5.32 Å². The Morgan fingerprint density at radius 2 is 2.35 bits per heavy atom. The van der Waals surface area contributed by atoms with Gasteiger partial charge in [0.25, 0.3) is 0 Å². The summed E-state index contributed by atoms with van der Waals surface area (Å²) in [6.45, 7) is 2.84. The van der Waals surface area contributed by atoms with E-state index in [-0.39, 0.29) is 12.3 Å². The number of anilines is 1. The Kier molecular flexibility index (Phi) is 5.42. The van der Waals surface area contributed by atoms with E-state index >= 15 is 0 Å². The van der Waals surface area contributed by atoms with Crippen molar-refractivity contribution in [2.45, 2.75) is 19.8 Å². The summed E-state index contributed by atoms with van der Waals surface area (Å²) in [4.78, 5) is 14.7. The summed E-state index contributed by atoms with van der Waals surface area (Å²) in [5.41, 5.74) is 0.558. The van der Waals surface area contributed by atoms with Crippen molar-refractivity contribution in [1.29, 1.82) is 0 Å². The van der Waals surface area contributed by atoms with E-state index in [1.54, 1.807) is 12.1 Å². The summed E-state index contributed by atoms with van der Waals surface area (Å²) in [5.74, 6) is -0.704. The second kappa shape index (κ2) is 6.85. The molecule has 1 unspecified atom stereocenters. The molecule has 0 spiro atoms. The quantitative estimate of drug-likeness (QED) is 0.672. The third-order valence-electron chi connectivity index (χ3n) is 2.71. The van der Waals surface area contributed by atoms with Gasteiger partial charge in [0, 0.05) is 19.3 Å². The lowest BCUT2D eigenvalue weighted by atomic mass is 10.0. The maximum absolute atomic E-state index is 10.9.